The second-order valence-corrected chi connectivity index (χ2v) is 2.15. The van der Waals surface area contributed by atoms with Crippen LogP contribution in [0.3, 0.4) is 0 Å². The summed E-state index contributed by atoms with van der Waals surface area (Å²) in [5.74, 6) is 0. The Hall–Kier alpha value is -1.05. The van der Waals surface area contributed by atoms with Crippen LogP contribution in [0.1, 0.15) is 17.8 Å². The largest absolute Gasteiger partial charge is 0.336 e. The van der Waals surface area contributed by atoms with E-state index in [0.29, 0.717) is 0 Å². The Labute approximate surface area is 53.6 Å². The van der Waals surface area contributed by atoms with Crippen LogP contribution in [0.4, 0.5) is 0 Å². The summed E-state index contributed by atoms with van der Waals surface area (Å²) in [4.78, 5) is 6.96. The van der Waals surface area contributed by atoms with E-state index >= 15 is 0 Å². The molecule has 0 spiro atoms. The van der Waals surface area contributed by atoms with Gasteiger partial charge in [0, 0.05) is 0 Å². The number of aromatic nitrogens is 2. The highest BCUT2D eigenvalue weighted by Crippen LogP contribution is 2.13. The normalized spacial score (nSPS) is 15.6. The fraction of sp³-hybridized carbons (Fsp3) is 0.286. The van der Waals surface area contributed by atoms with E-state index in [1.807, 2.05) is 0 Å². The molecule has 1 aliphatic carbocycles. The Morgan fingerprint density at radius 1 is 1.67 bits per heavy atom. The maximum absolute atomic E-state index is 4.02. The molecule has 0 bridgehead atoms. The highest BCUT2D eigenvalue weighted by molar-refractivity contribution is 5.49. The van der Waals surface area contributed by atoms with Gasteiger partial charge in [-0.1, -0.05) is 6.08 Å². The van der Waals surface area contributed by atoms with Gasteiger partial charge in [-0.2, -0.15) is 0 Å². The Bertz CT molecular complexity index is 235. The predicted octanol–water partition coefficient (Wildman–Crippen LogP) is 1.17. The van der Waals surface area contributed by atoms with Gasteiger partial charge in [0.1, 0.15) is 0 Å². The third kappa shape index (κ3) is 0.669. The molecule has 45 valence electrons. The zero-order chi connectivity index (χ0) is 6.10. The Morgan fingerprint density at radius 2 is 2.67 bits per heavy atom. The number of aromatic amines is 1. The van der Waals surface area contributed by atoms with Gasteiger partial charge in [0.15, 0.2) is 6.33 Å². The van der Waals surface area contributed by atoms with Gasteiger partial charge in [-0.05, 0) is 18.9 Å². The lowest BCUT2D eigenvalue weighted by atomic mass is 10.1. The van der Waals surface area contributed by atoms with E-state index in [4.69, 9.17) is 0 Å². The molecule has 1 aromatic heterocycles. The maximum atomic E-state index is 4.02. The van der Waals surface area contributed by atoms with Gasteiger partial charge in [0.2, 0.25) is 0 Å². The number of hydrogen-bond donors (Lipinski definition) is 1. The number of fused-ring (bicyclic) bond motifs is 1. The highest BCUT2D eigenvalue weighted by Gasteiger charge is 2.04. The topological polar surface area (TPSA) is 28.7 Å². The first-order chi connectivity index (χ1) is 4.47. The van der Waals surface area contributed by atoms with E-state index < -0.39 is 0 Å². The number of aryl methyl sites for hydroxylation is 1. The lowest BCUT2D eigenvalue weighted by Gasteiger charge is -1.99. The van der Waals surface area contributed by atoms with Crippen molar-refractivity contribution in [2.24, 2.45) is 0 Å². The lowest BCUT2D eigenvalue weighted by Crippen LogP contribution is -1.91. The minimum absolute atomic E-state index is 1.06. The molecule has 0 saturated carbocycles. The van der Waals surface area contributed by atoms with E-state index in [0.717, 1.165) is 24.2 Å². The minimum Gasteiger partial charge on any atom is -0.336 e. The van der Waals surface area contributed by atoms with Crippen LogP contribution in [-0.2, 0) is 6.42 Å². The average molecular weight is 119 g/mol. The Balaban J connectivity index is 2.53. The summed E-state index contributed by atoms with van der Waals surface area (Å²) >= 11 is 0. The molecule has 1 heterocycles. The fourth-order valence-electron chi connectivity index (χ4n) is 1.04. The van der Waals surface area contributed by atoms with Crippen LogP contribution in [0.5, 0.6) is 0 Å². The molecular formula is C7H7N2. The number of nitrogens with one attached hydrogen (secondary N) is 1. The van der Waals surface area contributed by atoms with Crippen LogP contribution in [0, 0.1) is 6.33 Å². The van der Waals surface area contributed by atoms with Crippen molar-refractivity contribution in [2.45, 2.75) is 12.8 Å². The van der Waals surface area contributed by atoms with Crippen LogP contribution in [-0.4, -0.2) is 9.97 Å². The van der Waals surface area contributed by atoms with Gasteiger partial charge in [-0.15, -0.1) is 0 Å². The number of allylic oxidation sites excluding steroid dienone is 1. The van der Waals surface area contributed by atoms with Crippen molar-refractivity contribution in [3.8, 4) is 0 Å². The monoisotopic (exact) mass is 119 g/mol. The maximum Gasteiger partial charge on any atom is 0.174 e. The van der Waals surface area contributed by atoms with Crippen LogP contribution in [0.25, 0.3) is 6.08 Å². The fourth-order valence-corrected chi connectivity index (χ4v) is 1.04. The first-order valence-electron chi connectivity index (χ1n) is 3.08. The molecule has 1 radical (unpaired) electrons. The highest BCUT2D eigenvalue weighted by atomic mass is 14.9. The first-order valence-corrected chi connectivity index (χ1v) is 3.08. The summed E-state index contributed by atoms with van der Waals surface area (Å²) < 4.78 is 0. The third-order valence-electron chi connectivity index (χ3n) is 1.52. The van der Waals surface area contributed by atoms with Crippen molar-refractivity contribution >= 4 is 6.08 Å². The zero-order valence-corrected chi connectivity index (χ0v) is 5.02. The molecule has 0 saturated heterocycles. The van der Waals surface area contributed by atoms with Gasteiger partial charge in [-0.3, -0.25) is 0 Å². The van der Waals surface area contributed by atoms with E-state index in [1.54, 1.807) is 0 Å². The summed E-state index contributed by atoms with van der Waals surface area (Å²) in [7, 11) is 0. The molecule has 2 rings (SSSR count). The molecule has 9 heavy (non-hydrogen) atoms. The first kappa shape index (κ1) is 4.79. The number of H-pyrrole nitrogens is 1. The molecular weight excluding hydrogens is 112 g/mol. The van der Waals surface area contributed by atoms with Crippen molar-refractivity contribution in [2.75, 3.05) is 0 Å². The third-order valence-corrected chi connectivity index (χ3v) is 1.52. The van der Waals surface area contributed by atoms with Crippen LogP contribution < -0.4 is 0 Å². The average Bonchev–Trinajstić information content (AvgIpc) is 2.33. The van der Waals surface area contributed by atoms with Crippen molar-refractivity contribution in [3.63, 3.8) is 0 Å². The molecule has 0 fully saturated rings. The van der Waals surface area contributed by atoms with E-state index in [1.165, 1.54) is 0 Å². The Kier molecular flexibility index (Phi) is 0.918. The van der Waals surface area contributed by atoms with Crippen LogP contribution >= 0.6 is 0 Å². The molecule has 1 aromatic rings. The molecule has 0 aromatic carbocycles. The number of imidazole rings is 1. The SMILES string of the molecule is [c]1nc2c([nH]1)C=CCC2. The van der Waals surface area contributed by atoms with E-state index in [2.05, 4.69) is 28.4 Å². The second kappa shape index (κ2) is 1.72. The molecule has 0 unspecified atom stereocenters. The number of hydrogen-bond acceptors (Lipinski definition) is 1. The van der Waals surface area contributed by atoms with Crippen molar-refractivity contribution < 1.29 is 0 Å². The molecule has 1 aliphatic rings. The van der Waals surface area contributed by atoms with Gasteiger partial charge in [-0.25, -0.2) is 4.98 Å². The van der Waals surface area contributed by atoms with Gasteiger partial charge in [0.25, 0.3) is 0 Å². The minimum atomic E-state index is 1.06. The molecule has 0 amide bonds. The summed E-state index contributed by atoms with van der Waals surface area (Å²) in [5.41, 5.74) is 2.28. The predicted molar refractivity (Wildman–Crippen MR) is 34.8 cm³/mol. The van der Waals surface area contributed by atoms with E-state index in [9.17, 15) is 0 Å². The van der Waals surface area contributed by atoms with Crippen molar-refractivity contribution in [1.82, 2.24) is 9.97 Å². The summed E-state index contributed by atoms with van der Waals surface area (Å²) in [6, 6.07) is 0. The smallest absolute Gasteiger partial charge is 0.174 e. The van der Waals surface area contributed by atoms with Crippen molar-refractivity contribution in [3.05, 3.63) is 23.8 Å². The Morgan fingerprint density at radius 3 is 3.56 bits per heavy atom. The quantitative estimate of drug-likeness (QED) is 0.545. The summed E-state index contributed by atoms with van der Waals surface area (Å²) in [5, 5.41) is 0. The van der Waals surface area contributed by atoms with Gasteiger partial charge in [0.05, 0.1) is 11.4 Å². The summed E-state index contributed by atoms with van der Waals surface area (Å²) in [6.45, 7) is 0. The lowest BCUT2D eigenvalue weighted by molar-refractivity contribution is 0.943. The second-order valence-electron chi connectivity index (χ2n) is 2.15. The van der Waals surface area contributed by atoms with Gasteiger partial charge < -0.3 is 4.98 Å². The molecule has 0 aliphatic heterocycles. The summed E-state index contributed by atoms with van der Waals surface area (Å²) in [6.07, 6.45) is 9.10. The van der Waals surface area contributed by atoms with Crippen LogP contribution in [0.2, 0.25) is 0 Å². The molecule has 0 atom stereocenters. The van der Waals surface area contributed by atoms with Crippen LogP contribution in [0.15, 0.2) is 6.08 Å². The van der Waals surface area contributed by atoms with E-state index in [-0.39, 0.29) is 0 Å². The van der Waals surface area contributed by atoms with Gasteiger partial charge >= 0.3 is 0 Å². The zero-order valence-electron chi connectivity index (χ0n) is 5.02. The van der Waals surface area contributed by atoms with Crippen molar-refractivity contribution in [1.29, 1.82) is 0 Å². The molecule has 2 nitrogen and oxygen atoms in total. The number of nitrogens with zero attached hydrogens (tertiary/aromatic N) is 1. The number of rotatable bonds is 0. The standard InChI is InChI=1S/C7H7N2/c1-2-4-7-6(3-1)8-5-9-7/h1,3H,2,4H2,(H,8,9). The molecule has 2 heteroatoms. The molecule has 1 N–H and O–H groups in total.